The zero-order valence-corrected chi connectivity index (χ0v) is 12.8. The van der Waals surface area contributed by atoms with Crippen molar-refractivity contribution in [2.75, 3.05) is 11.3 Å². The fraction of sp³-hybridized carbons (Fsp3) is 0.0714. The van der Waals surface area contributed by atoms with Gasteiger partial charge in [-0.15, -0.1) is 0 Å². The van der Waals surface area contributed by atoms with Gasteiger partial charge in [0, 0.05) is 0 Å². The Morgan fingerprint density at radius 3 is 2.36 bits per heavy atom. The lowest BCUT2D eigenvalue weighted by molar-refractivity contribution is -0.139. The molecule has 0 amide bonds. The first-order valence-corrected chi connectivity index (χ1v) is 7.96. The Morgan fingerprint density at radius 1 is 1.14 bits per heavy atom. The van der Waals surface area contributed by atoms with Gasteiger partial charge < -0.3 is 9.84 Å². The normalized spacial score (nSPS) is 11.0. The number of carboxylic acid groups (broad SMARTS) is 1. The van der Waals surface area contributed by atoms with Crippen molar-refractivity contribution in [3.63, 3.8) is 0 Å². The third kappa shape index (κ3) is 4.12. The molecule has 0 saturated carbocycles. The average molecular weight is 342 g/mol. The maximum absolute atomic E-state index is 12.2. The Kier molecular flexibility index (Phi) is 4.89. The number of aliphatic carboxylic acids is 1. The number of benzene rings is 2. The number of nitrogens with one attached hydrogen (secondary N) is 1. The summed E-state index contributed by atoms with van der Waals surface area (Å²) < 4.78 is 31.8. The number of rotatable bonds is 6. The third-order valence-corrected chi connectivity index (χ3v) is 4.33. The Balaban J connectivity index is 2.16. The van der Waals surface area contributed by atoms with Crippen molar-refractivity contribution in [2.24, 2.45) is 0 Å². The van der Waals surface area contributed by atoms with E-state index < -0.39 is 22.6 Å². The van der Waals surface area contributed by atoms with Crippen LogP contribution in [0.3, 0.4) is 0 Å². The second-order valence-electron chi connectivity index (χ2n) is 4.24. The van der Waals surface area contributed by atoms with Crippen molar-refractivity contribution < 1.29 is 23.1 Å². The van der Waals surface area contributed by atoms with Gasteiger partial charge in [-0.1, -0.05) is 23.7 Å². The van der Waals surface area contributed by atoms with Crippen LogP contribution >= 0.6 is 11.6 Å². The highest BCUT2D eigenvalue weighted by molar-refractivity contribution is 7.92. The number of halogens is 1. The minimum Gasteiger partial charge on any atom is -0.482 e. The molecular weight excluding hydrogens is 330 g/mol. The number of sulfonamides is 1. The maximum atomic E-state index is 12.2. The van der Waals surface area contributed by atoms with Crippen LogP contribution in [0.5, 0.6) is 5.75 Å². The number of para-hydroxylation sites is 1. The summed E-state index contributed by atoms with van der Waals surface area (Å²) >= 11 is 5.91. The fourth-order valence-corrected chi connectivity index (χ4v) is 2.93. The van der Waals surface area contributed by atoms with E-state index in [9.17, 15) is 13.2 Å². The van der Waals surface area contributed by atoms with Crippen LogP contribution in [0.4, 0.5) is 5.69 Å². The van der Waals surface area contributed by atoms with Crippen LogP contribution in [0.25, 0.3) is 0 Å². The number of ether oxygens (including phenoxy) is 1. The Hall–Kier alpha value is -2.25. The molecule has 0 aliphatic carbocycles. The zero-order chi connectivity index (χ0) is 16.2. The van der Waals surface area contributed by atoms with E-state index in [1.165, 1.54) is 24.3 Å². The molecule has 0 bridgehead atoms. The predicted octanol–water partition coefficient (Wildman–Crippen LogP) is 2.60. The van der Waals surface area contributed by atoms with Crippen LogP contribution in [0, 0.1) is 0 Å². The van der Waals surface area contributed by atoms with E-state index >= 15 is 0 Å². The number of carbonyl (C=O) groups is 1. The van der Waals surface area contributed by atoms with Crippen molar-refractivity contribution in [1.82, 2.24) is 0 Å². The highest BCUT2D eigenvalue weighted by Crippen LogP contribution is 2.24. The van der Waals surface area contributed by atoms with Crippen LogP contribution in [0.2, 0.25) is 5.02 Å². The Bertz CT molecular complexity index is 774. The SMILES string of the molecule is O=C(O)COc1ccc(S(=O)(=O)Nc2ccccc2Cl)cc1. The lowest BCUT2D eigenvalue weighted by atomic mass is 10.3. The summed E-state index contributed by atoms with van der Waals surface area (Å²) in [6.45, 7) is -0.496. The number of hydrogen-bond donors (Lipinski definition) is 2. The first kappa shape index (κ1) is 16.1. The summed E-state index contributed by atoms with van der Waals surface area (Å²) in [4.78, 5) is 10.4. The molecule has 0 aromatic heterocycles. The molecule has 2 aromatic carbocycles. The molecule has 0 unspecified atom stereocenters. The summed E-state index contributed by atoms with van der Waals surface area (Å²) in [6.07, 6.45) is 0. The van der Waals surface area contributed by atoms with Gasteiger partial charge in [-0.3, -0.25) is 4.72 Å². The number of carboxylic acids is 1. The largest absolute Gasteiger partial charge is 0.482 e. The first-order valence-electron chi connectivity index (χ1n) is 6.10. The van der Waals surface area contributed by atoms with Crippen LogP contribution in [-0.4, -0.2) is 26.1 Å². The summed E-state index contributed by atoms with van der Waals surface area (Å²) in [5, 5.41) is 8.79. The maximum Gasteiger partial charge on any atom is 0.341 e. The van der Waals surface area contributed by atoms with E-state index in [0.717, 1.165) is 0 Å². The van der Waals surface area contributed by atoms with Crippen LogP contribution in [0.1, 0.15) is 0 Å². The zero-order valence-electron chi connectivity index (χ0n) is 11.2. The molecule has 0 fully saturated rings. The Labute approximate surface area is 132 Å². The molecule has 2 N–H and O–H groups in total. The molecule has 0 heterocycles. The molecule has 2 rings (SSSR count). The molecule has 116 valence electrons. The van der Waals surface area contributed by atoms with Gasteiger partial charge >= 0.3 is 5.97 Å². The third-order valence-electron chi connectivity index (χ3n) is 2.61. The van der Waals surface area contributed by atoms with Crippen molar-refractivity contribution in [3.8, 4) is 5.75 Å². The van der Waals surface area contributed by atoms with E-state index in [1.807, 2.05) is 0 Å². The summed E-state index contributed by atoms with van der Waals surface area (Å²) in [5.41, 5.74) is 0.273. The van der Waals surface area contributed by atoms with E-state index in [4.69, 9.17) is 21.4 Å². The second-order valence-corrected chi connectivity index (χ2v) is 6.33. The van der Waals surface area contributed by atoms with Crippen LogP contribution < -0.4 is 9.46 Å². The van der Waals surface area contributed by atoms with Gasteiger partial charge in [0.25, 0.3) is 10.0 Å². The molecule has 0 aliphatic heterocycles. The molecule has 2 aromatic rings. The van der Waals surface area contributed by atoms with Gasteiger partial charge in [-0.2, -0.15) is 0 Å². The Morgan fingerprint density at radius 2 is 1.77 bits per heavy atom. The first-order chi connectivity index (χ1) is 10.4. The molecule has 0 atom stereocenters. The minimum absolute atomic E-state index is 0.00935. The quantitative estimate of drug-likeness (QED) is 0.842. The highest BCUT2D eigenvalue weighted by atomic mass is 35.5. The van der Waals surface area contributed by atoms with Crippen LogP contribution in [0.15, 0.2) is 53.4 Å². The topological polar surface area (TPSA) is 92.7 Å². The van der Waals surface area contributed by atoms with Crippen molar-refractivity contribution in [3.05, 3.63) is 53.6 Å². The van der Waals surface area contributed by atoms with E-state index in [-0.39, 0.29) is 21.4 Å². The van der Waals surface area contributed by atoms with Crippen LogP contribution in [-0.2, 0) is 14.8 Å². The molecule has 0 saturated heterocycles. The molecule has 6 nitrogen and oxygen atoms in total. The van der Waals surface area contributed by atoms with Crippen molar-refractivity contribution >= 4 is 33.3 Å². The average Bonchev–Trinajstić information content (AvgIpc) is 2.48. The minimum atomic E-state index is -3.79. The van der Waals surface area contributed by atoms with Gasteiger partial charge in [0.2, 0.25) is 0 Å². The number of anilines is 1. The smallest absolute Gasteiger partial charge is 0.341 e. The standard InChI is InChI=1S/C14H12ClNO5S/c15-12-3-1-2-4-13(12)16-22(19,20)11-7-5-10(6-8-11)21-9-14(17)18/h1-8,16H,9H2,(H,17,18). The molecule has 22 heavy (non-hydrogen) atoms. The number of hydrogen-bond acceptors (Lipinski definition) is 4. The molecule has 0 aliphatic rings. The molecular formula is C14H12ClNO5S. The van der Waals surface area contributed by atoms with Gasteiger partial charge in [0.1, 0.15) is 5.75 Å². The molecule has 0 spiro atoms. The van der Waals surface area contributed by atoms with E-state index in [2.05, 4.69) is 4.72 Å². The molecule has 8 heteroatoms. The van der Waals surface area contributed by atoms with Gasteiger partial charge in [-0.25, -0.2) is 13.2 Å². The summed E-state index contributed by atoms with van der Waals surface area (Å²) in [7, 11) is -3.79. The fourth-order valence-electron chi connectivity index (χ4n) is 1.61. The summed E-state index contributed by atoms with van der Waals surface area (Å²) in [6, 6.07) is 11.9. The van der Waals surface area contributed by atoms with Crippen molar-refractivity contribution in [1.29, 1.82) is 0 Å². The van der Waals surface area contributed by atoms with Crippen molar-refractivity contribution in [2.45, 2.75) is 4.90 Å². The summed E-state index contributed by atoms with van der Waals surface area (Å²) in [5.74, 6) is -0.851. The lowest BCUT2D eigenvalue weighted by Crippen LogP contribution is -2.13. The monoisotopic (exact) mass is 341 g/mol. The predicted molar refractivity (Wildman–Crippen MR) is 81.8 cm³/mol. The second kappa shape index (κ2) is 6.67. The van der Waals surface area contributed by atoms with Gasteiger partial charge in [0.15, 0.2) is 6.61 Å². The molecule has 0 radical (unpaired) electrons. The highest BCUT2D eigenvalue weighted by Gasteiger charge is 2.15. The van der Waals surface area contributed by atoms with Gasteiger partial charge in [-0.05, 0) is 36.4 Å². The van der Waals surface area contributed by atoms with E-state index in [0.29, 0.717) is 0 Å². The van der Waals surface area contributed by atoms with Gasteiger partial charge in [0.05, 0.1) is 15.6 Å². The van der Waals surface area contributed by atoms with E-state index in [1.54, 1.807) is 24.3 Å². The lowest BCUT2D eigenvalue weighted by Gasteiger charge is -2.10.